The van der Waals surface area contributed by atoms with Crippen molar-refractivity contribution < 1.29 is 24.5 Å². The SMILES string of the molecule is CNC(=O)c1cc(Oc2ccc(C)c(NNC(=O)Nc3cc(Cl)c(C)cc3[N+](=O)O)c2)ccn1. The highest BCUT2D eigenvalue weighted by Gasteiger charge is 2.22. The Morgan fingerprint density at radius 1 is 1.03 bits per heavy atom. The highest BCUT2D eigenvalue weighted by Crippen LogP contribution is 2.30. The zero-order valence-electron chi connectivity index (χ0n) is 18.5. The lowest BCUT2D eigenvalue weighted by Gasteiger charge is -2.14. The number of amides is 3. The molecular formula is C22H22ClN6O5+. The van der Waals surface area contributed by atoms with Crippen molar-refractivity contribution in [3.05, 3.63) is 75.4 Å². The molecule has 1 aromatic heterocycles. The van der Waals surface area contributed by atoms with Gasteiger partial charge in [0.05, 0.1) is 10.6 Å². The smallest absolute Gasteiger partial charge is 0.340 e. The van der Waals surface area contributed by atoms with Gasteiger partial charge >= 0.3 is 11.7 Å². The highest BCUT2D eigenvalue weighted by atomic mass is 35.5. The van der Waals surface area contributed by atoms with E-state index in [0.29, 0.717) is 27.8 Å². The van der Waals surface area contributed by atoms with Gasteiger partial charge in [0, 0.05) is 36.5 Å². The maximum atomic E-state index is 12.4. The Balaban J connectivity index is 1.70. The molecule has 0 saturated heterocycles. The molecule has 0 aliphatic heterocycles. The molecule has 12 heteroatoms. The number of nitrogens with one attached hydrogen (secondary N) is 4. The van der Waals surface area contributed by atoms with E-state index in [9.17, 15) is 19.7 Å². The van der Waals surface area contributed by atoms with Crippen LogP contribution >= 0.6 is 11.6 Å². The quantitative estimate of drug-likeness (QED) is 0.311. The van der Waals surface area contributed by atoms with Gasteiger partial charge in [0.25, 0.3) is 10.8 Å². The first-order valence-corrected chi connectivity index (χ1v) is 10.3. The highest BCUT2D eigenvalue weighted by molar-refractivity contribution is 6.31. The van der Waals surface area contributed by atoms with Gasteiger partial charge in [0.15, 0.2) is 0 Å². The van der Waals surface area contributed by atoms with Crippen LogP contribution in [0.15, 0.2) is 48.7 Å². The number of halogens is 1. The number of carbonyl (C=O) groups excluding carboxylic acids is 2. The number of anilines is 2. The van der Waals surface area contributed by atoms with E-state index in [1.807, 2.05) is 6.92 Å². The van der Waals surface area contributed by atoms with E-state index in [-0.39, 0.29) is 27.9 Å². The van der Waals surface area contributed by atoms with Crippen LogP contribution in [0.1, 0.15) is 21.6 Å². The summed E-state index contributed by atoms with van der Waals surface area (Å²) >= 11 is 6.06. The molecule has 0 spiro atoms. The molecule has 0 bridgehead atoms. The van der Waals surface area contributed by atoms with Crippen LogP contribution in [-0.2, 0) is 0 Å². The van der Waals surface area contributed by atoms with Crippen LogP contribution in [0.3, 0.4) is 0 Å². The number of hydrogen-bond donors (Lipinski definition) is 5. The Bertz CT molecular complexity index is 1270. The van der Waals surface area contributed by atoms with Crippen molar-refractivity contribution in [2.24, 2.45) is 0 Å². The normalized spacial score (nSPS) is 10.2. The second kappa shape index (κ2) is 10.5. The molecule has 0 aliphatic carbocycles. The lowest BCUT2D eigenvalue weighted by atomic mass is 10.2. The standard InChI is InChI=1S/C22H21ClN6O5/c1-12-4-5-14(34-15-6-7-25-19(10-15)21(30)24-3)9-17(12)27-28-22(31)26-18-11-16(23)13(2)8-20(18)29(32)33/h4-11H,1-3H3,(H4-,24,25,26,27,28,30,31,32,33)/p+1. The van der Waals surface area contributed by atoms with Gasteiger partial charge in [-0.25, -0.2) is 10.0 Å². The van der Waals surface area contributed by atoms with Gasteiger partial charge < -0.3 is 15.4 Å². The van der Waals surface area contributed by atoms with Crippen LogP contribution in [0.4, 0.5) is 21.9 Å². The van der Waals surface area contributed by atoms with Gasteiger partial charge in [-0.1, -0.05) is 17.7 Å². The predicted octanol–water partition coefficient (Wildman–Crippen LogP) is 4.45. The minimum atomic E-state index is -0.710. The van der Waals surface area contributed by atoms with Crippen LogP contribution in [0.2, 0.25) is 5.02 Å². The van der Waals surface area contributed by atoms with E-state index in [4.69, 9.17) is 16.3 Å². The summed E-state index contributed by atoms with van der Waals surface area (Å²) in [5.74, 6) is 0.509. The Hall–Kier alpha value is -4.38. The first kappa shape index (κ1) is 24.3. The predicted molar refractivity (Wildman–Crippen MR) is 126 cm³/mol. The zero-order valence-corrected chi connectivity index (χ0v) is 19.2. The molecular weight excluding hydrogens is 464 g/mol. The second-order valence-electron chi connectivity index (χ2n) is 7.13. The van der Waals surface area contributed by atoms with Crippen molar-refractivity contribution in [1.29, 1.82) is 0 Å². The molecule has 176 valence electrons. The number of aromatic nitrogens is 1. The van der Waals surface area contributed by atoms with Crippen LogP contribution in [0, 0.1) is 18.8 Å². The summed E-state index contributed by atoms with van der Waals surface area (Å²) in [5, 5.41) is 14.6. The molecule has 3 aromatic rings. The molecule has 2 aromatic carbocycles. The van der Waals surface area contributed by atoms with Gasteiger partial charge in [-0.05, 0) is 43.2 Å². The number of urea groups is 1. The number of hydrazine groups is 1. The monoisotopic (exact) mass is 485 g/mol. The molecule has 0 saturated carbocycles. The summed E-state index contributed by atoms with van der Waals surface area (Å²) in [7, 11) is 1.51. The maximum Gasteiger partial charge on any atom is 0.340 e. The molecule has 34 heavy (non-hydrogen) atoms. The third-order valence-corrected chi connectivity index (χ3v) is 5.08. The Morgan fingerprint density at radius 3 is 2.47 bits per heavy atom. The average Bonchev–Trinajstić information content (AvgIpc) is 2.81. The fraction of sp³-hybridized carbons (Fsp3) is 0.136. The number of nitrogens with zero attached hydrogens (tertiary/aromatic N) is 2. The first-order chi connectivity index (χ1) is 16.2. The third kappa shape index (κ3) is 5.90. The lowest BCUT2D eigenvalue weighted by Crippen LogP contribution is -2.34. The van der Waals surface area contributed by atoms with E-state index >= 15 is 0 Å². The number of aryl methyl sites for hydroxylation is 2. The summed E-state index contributed by atoms with van der Waals surface area (Å²) in [4.78, 5) is 39.2. The molecule has 0 radical (unpaired) electrons. The minimum absolute atomic E-state index is 0.0193. The van der Waals surface area contributed by atoms with Crippen molar-refractivity contribution in [3.63, 3.8) is 0 Å². The Kier molecular flexibility index (Phi) is 7.49. The third-order valence-electron chi connectivity index (χ3n) is 4.68. The molecule has 3 rings (SSSR count). The number of hydrogen-bond acceptors (Lipinski definition) is 6. The van der Waals surface area contributed by atoms with Crippen molar-refractivity contribution >= 4 is 40.6 Å². The van der Waals surface area contributed by atoms with Crippen molar-refractivity contribution in [1.82, 2.24) is 15.7 Å². The Morgan fingerprint density at radius 2 is 1.76 bits per heavy atom. The molecule has 5 N–H and O–H groups in total. The van der Waals surface area contributed by atoms with Crippen molar-refractivity contribution in [2.45, 2.75) is 13.8 Å². The Labute approximate surface area is 199 Å². The maximum absolute atomic E-state index is 12.4. The summed E-state index contributed by atoms with van der Waals surface area (Å²) in [5.41, 5.74) is 7.16. The molecule has 0 atom stereocenters. The average molecular weight is 486 g/mol. The molecule has 3 amide bonds. The number of benzene rings is 2. The number of carbonyl (C=O) groups is 2. The molecule has 11 nitrogen and oxygen atoms in total. The van der Waals surface area contributed by atoms with Gasteiger partial charge in [0.2, 0.25) is 0 Å². The number of rotatable bonds is 7. The van der Waals surface area contributed by atoms with Crippen molar-refractivity contribution in [3.8, 4) is 11.5 Å². The van der Waals surface area contributed by atoms with Crippen molar-refractivity contribution in [2.75, 3.05) is 17.8 Å². The lowest BCUT2D eigenvalue weighted by molar-refractivity contribution is -0.729. The van der Waals surface area contributed by atoms with E-state index in [2.05, 4.69) is 26.5 Å². The minimum Gasteiger partial charge on any atom is -0.457 e. The van der Waals surface area contributed by atoms with Crippen LogP contribution in [0.25, 0.3) is 0 Å². The fourth-order valence-corrected chi connectivity index (χ4v) is 3.03. The van der Waals surface area contributed by atoms with Gasteiger partial charge in [-0.2, -0.15) is 0 Å². The first-order valence-electron chi connectivity index (χ1n) is 9.94. The van der Waals surface area contributed by atoms with Gasteiger partial charge in [0.1, 0.15) is 22.9 Å². The second-order valence-corrected chi connectivity index (χ2v) is 7.54. The van der Waals surface area contributed by atoms with Crippen LogP contribution in [-0.4, -0.2) is 34.1 Å². The van der Waals surface area contributed by atoms with Gasteiger partial charge in [-0.3, -0.25) is 20.6 Å². The van der Waals surface area contributed by atoms with E-state index in [1.54, 1.807) is 31.2 Å². The summed E-state index contributed by atoms with van der Waals surface area (Å²) < 4.78 is 5.81. The molecule has 0 aliphatic rings. The molecule has 0 unspecified atom stereocenters. The topological polar surface area (TPSA) is 145 Å². The fourth-order valence-electron chi connectivity index (χ4n) is 2.86. The van der Waals surface area contributed by atoms with E-state index in [0.717, 1.165) is 5.56 Å². The summed E-state index contributed by atoms with van der Waals surface area (Å²) in [6.45, 7) is 3.48. The largest absolute Gasteiger partial charge is 0.457 e. The number of ether oxygens (including phenoxy) is 1. The van der Waals surface area contributed by atoms with Crippen LogP contribution in [0.5, 0.6) is 11.5 Å². The van der Waals surface area contributed by atoms with E-state index < -0.39 is 6.03 Å². The zero-order chi connectivity index (χ0) is 24.8. The molecule has 1 heterocycles. The summed E-state index contributed by atoms with van der Waals surface area (Å²) in [6.07, 6.45) is 1.46. The van der Waals surface area contributed by atoms with Gasteiger partial charge in [-0.15, -0.1) is 0 Å². The van der Waals surface area contributed by atoms with E-state index in [1.165, 1.54) is 31.4 Å². The summed E-state index contributed by atoms with van der Waals surface area (Å²) in [6, 6.07) is 10.3. The molecule has 0 fully saturated rings. The van der Waals surface area contributed by atoms with Crippen LogP contribution < -0.4 is 26.2 Å². The number of pyridine rings is 1.